The second-order valence-electron chi connectivity index (χ2n) is 5.31. The van der Waals surface area contributed by atoms with Crippen molar-refractivity contribution in [3.8, 4) is 0 Å². The molecule has 0 bridgehead atoms. The molecule has 3 N–H and O–H groups in total. The molecule has 0 aliphatic heterocycles. The van der Waals surface area contributed by atoms with Gasteiger partial charge in [0.1, 0.15) is 0 Å². The van der Waals surface area contributed by atoms with Crippen molar-refractivity contribution < 1.29 is 8.42 Å². The van der Waals surface area contributed by atoms with Crippen LogP contribution in [-0.4, -0.2) is 15.0 Å². The van der Waals surface area contributed by atoms with E-state index in [4.69, 9.17) is 17.3 Å². The average Bonchev–Trinajstić information content (AvgIpc) is 2.43. The number of hydrogen-bond donors (Lipinski definition) is 2. The maximum Gasteiger partial charge on any atom is 0.240 e. The number of halogens is 1. The van der Waals surface area contributed by atoms with Gasteiger partial charge in [0.2, 0.25) is 10.0 Å². The molecule has 0 aliphatic carbocycles. The van der Waals surface area contributed by atoms with Crippen molar-refractivity contribution in [2.75, 3.05) is 12.3 Å². The van der Waals surface area contributed by atoms with Crippen molar-refractivity contribution in [3.05, 3.63) is 22.7 Å². The molecule has 0 heterocycles. The summed E-state index contributed by atoms with van der Waals surface area (Å²) in [4.78, 5) is 0.174. The van der Waals surface area contributed by atoms with E-state index in [2.05, 4.69) is 11.6 Å². The minimum absolute atomic E-state index is 0.174. The van der Waals surface area contributed by atoms with Crippen molar-refractivity contribution in [2.24, 2.45) is 0 Å². The molecule has 0 spiro atoms. The van der Waals surface area contributed by atoms with E-state index >= 15 is 0 Å². The van der Waals surface area contributed by atoms with E-state index in [1.165, 1.54) is 25.3 Å². The minimum atomic E-state index is -3.51. The summed E-state index contributed by atoms with van der Waals surface area (Å²) < 4.78 is 27.0. The van der Waals surface area contributed by atoms with Crippen LogP contribution in [0, 0.1) is 6.92 Å². The first-order chi connectivity index (χ1) is 9.88. The molecule has 1 rings (SSSR count). The fraction of sp³-hybridized carbons (Fsp3) is 0.600. The zero-order valence-electron chi connectivity index (χ0n) is 12.8. The van der Waals surface area contributed by atoms with Crippen LogP contribution in [0.3, 0.4) is 0 Å². The molecule has 0 aliphatic rings. The summed E-state index contributed by atoms with van der Waals surface area (Å²) in [6.45, 7) is 4.37. The molecular formula is C15H25ClN2O2S. The SMILES string of the molecule is CCCCCCCCNS(=O)(=O)c1cc(C)c(Cl)c(N)c1. The zero-order valence-corrected chi connectivity index (χ0v) is 14.4. The van der Waals surface area contributed by atoms with Crippen LogP contribution < -0.4 is 10.5 Å². The topological polar surface area (TPSA) is 72.2 Å². The Balaban J connectivity index is 2.51. The summed E-state index contributed by atoms with van der Waals surface area (Å²) in [7, 11) is -3.51. The van der Waals surface area contributed by atoms with Gasteiger partial charge in [0.15, 0.2) is 0 Å². The first kappa shape index (κ1) is 18.3. The molecule has 0 unspecified atom stereocenters. The Bertz CT molecular complexity index is 536. The molecule has 120 valence electrons. The summed E-state index contributed by atoms with van der Waals surface area (Å²) in [5.74, 6) is 0. The lowest BCUT2D eigenvalue weighted by Gasteiger charge is -2.10. The third-order valence-electron chi connectivity index (χ3n) is 3.39. The zero-order chi connectivity index (χ0) is 15.9. The van der Waals surface area contributed by atoms with Gasteiger partial charge < -0.3 is 5.73 Å². The number of rotatable bonds is 9. The highest BCUT2D eigenvalue weighted by molar-refractivity contribution is 7.89. The van der Waals surface area contributed by atoms with E-state index < -0.39 is 10.0 Å². The molecule has 0 atom stereocenters. The lowest BCUT2D eigenvalue weighted by molar-refractivity contribution is 0.567. The van der Waals surface area contributed by atoms with Crippen molar-refractivity contribution in [2.45, 2.75) is 57.3 Å². The third kappa shape index (κ3) is 5.85. The summed E-state index contributed by atoms with van der Waals surface area (Å²) in [5, 5.41) is 0.407. The Morgan fingerprint density at radius 1 is 1.14 bits per heavy atom. The molecule has 21 heavy (non-hydrogen) atoms. The number of nitrogen functional groups attached to an aromatic ring is 1. The summed E-state index contributed by atoms with van der Waals surface area (Å²) in [6, 6.07) is 2.95. The van der Waals surface area contributed by atoms with Crippen molar-refractivity contribution in [1.29, 1.82) is 0 Å². The van der Waals surface area contributed by atoms with Gasteiger partial charge in [-0.25, -0.2) is 13.1 Å². The van der Waals surface area contributed by atoms with Gasteiger partial charge in [0.05, 0.1) is 15.6 Å². The molecule has 1 aromatic rings. The Hall–Kier alpha value is -0.780. The lowest BCUT2D eigenvalue weighted by atomic mass is 10.1. The normalized spacial score (nSPS) is 11.8. The largest absolute Gasteiger partial charge is 0.397 e. The Labute approximate surface area is 133 Å². The van der Waals surface area contributed by atoms with Crippen molar-refractivity contribution in [1.82, 2.24) is 4.72 Å². The molecule has 0 aromatic heterocycles. The Morgan fingerprint density at radius 2 is 1.76 bits per heavy atom. The van der Waals surface area contributed by atoms with Gasteiger partial charge in [-0.2, -0.15) is 0 Å². The van der Waals surface area contributed by atoms with Crippen LogP contribution in [0.2, 0.25) is 5.02 Å². The Morgan fingerprint density at radius 3 is 2.38 bits per heavy atom. The molecule has 0 amide bonds. The molecule has 6 heteroatoms. The summed E-state index contributed by atoms with van der Waals surface area (Å²) >= 11 is 5.95. The number of hydrogen-bond acceptors (Lipinski definition) is 3. The molecule has 0 radical (unpaired) electrons. The minimum Gasteiger partial charge on any atom is -0.397 e. The van der Waals surface area contributed by atoms with Crippen molar-refractivity contribution >= 4 is 27.3 Å². The van der Waals surface area contributed by atoms with E-state index in [1.807, 2.05) is 0 Å². The number of nitrogens with one attached hydrogen (secondary N) is 1. The highest BCUT2D eigenvalue weighted by atomic mass is 35.5. The number of unbranched alkanes of at least 4 members (excludes halogenated alkanes) is 5. The van der Waals surface area contributed by atoms with Crippen LogP contribution >= 0.6 is 11.6 Å². The van der Waals surface area contributed by atoms with Crippen LogP contribution in [0.5, 0.6) is 0 Å². The number of aryl methyl sites for hydroxylation is 1. The second kappa shape index (κ2) is 8.61. The molecule has 1 aromatic carbocycles. The number of sulfonamides is 1. The first-order valence-corrected chi connectivity index (χ1v) is 9.30. The fourth-order valence-corrected chi connectivity index (χ4v) is 3.42. The van der Waals surface area contributed by atoms with Crippen LogP contribution in [0.1, 0.15) is 51.0 Å². The quantitative estimate of drug-likeness (QED) is 0.532. The number of nitrogens with two attached hydrogens (primary N) is 1. The van der Waals surface area contributed by atoms with Gasteiger partial charge in [-0.15, -0.1) is 0 Å². The maximum atomic E-state index is 12.2. The monoisotopic (exact) mass is 332 g/mol. The Kier molecular flexibility index (Phi) is 7.49. The van der Waals surface area contributed by atoms with Crippen molar-refractivity contribution in [3.63, 3.8) is 0 Å². The molecular weight excluding hydrogens is 308 g/mol. The van der Waals surface area contributed by atoms with E-state index in [-0.39, 0.29) is 10.6 Å². The number of benzene rings is 1. The first-order valence-electron chi connectivity index (χ1n) is 7.43. The van der Waals surface area contributed by atoms with E-state index in [1.54, 1.807) is 13.0 Å². The van der Waals surface area contributed by atoms with Gasteiger partial charge in [0, 0.05) is 6.54 Å². The second-order valence-corrected chi connectivity index (χ2v) is 7.45. The smallest absolute Gasteiger partial charge is 0.240 e. The lowest BCUT2D eigenvalue weighted by Crippen LogP contribution is -2.25. The van der Waals surface area contributed by atoms with Crippen LogP contribution in [0.4, 0.5) is 5.69 Å². The van der Waals surface area contributed by atoms with E-state index in [9.17, 15) is 8.42 Å². The predicted molar refractivity (Wildman–Crippen MR) is 89.2 cm³/mol. The van der Waals surface area contributed by atoms with Gasteiger partial charge in [-0.1, -0.05) is 50.6 Å². The number of anilines is 1. The van der Waals surface area contributed by atoms with E-state index in [0.29, 0.717) is 17.1 Å². The third-order valence-corrected chi connectivity index (χ3v) is 5.35. The predicted octanol–water partition coefficient (Wildman–Crippen LogP) is 3.87. The van der Waals surface area contributed by atoms with E-state index in [0.717, 1.165) is 19.3 Å². The maximum absolute atomic E-state index is 12.2. The molecule has 0 fully saturated rings. The molecule has 0 saturated carbocycles. The van der Waals surface area contributed by atoms with Gasteiger partial charge in [-0.05, 0) is 31.0 Å². The van der Waals surface area contributed by atoms with Crippen LogP contribution in [0.25, 0.3) is 0 Å². The van der Waals surface area contributed by atoms with Crippen LogP contribution in [0.15, 0.2) is 17.0 Å². The summed E-state index contributed by atoms with van der Waals surface area (Å²) in [6.07, 6.45) is 6.73. The van der Waals surface area contributed by atoms with Gasteiger partial charge in [0.25, 0.3) is 0 Å². The average molecular weight is 333 g/mol. The van der Waals surface area contributed by atoms with Crippen LogP contribution in [-0.2, 0) is 10.0 Å². The van der Waals surface area contributed by atoms with Gasteiger partial charge in [-0.3, -0.25) is 0 Å². The molecule has 4 nitrogen and oxygen atoms in total. The highest BCUT2D eigenvalue weighted by Gasteiger charge is 2.16. The molecule has 0 saturated heterocycles. The summed E-state index contributed by atoms with van der Waals surface area (Å²) in [5.41, 5.74) is 6.67. The highest BCUT2D eigenvalue weighted by Crippen LogP contribution is 2.26. The standard InChI is InChI=1S/C15H25ClN2O2S/c1-3-4-5-6-7-8-9-18-21(19,20)13-10-12(2)15(16)14(17)11-13/h10-11,18H,3-9,17H2,1-2H3. The fourth-order valence-electron chi connectivity index (χ4n) is 2.11. The van der Waals surface area contributed by atoms with Gasteiger partial charge >= 0.3 is 0 Å².